The number of likely N-dealkylation sites (N-methyl/N-ethyl adjacent to an activating group) is 1. The van der Waals surface area contributed by atoms with Crippen LogP contribution in [0.5, 0.6) is 5.75 Å². The minimum Gasteiger partial charge on any atom is -0.488 e. The highest BCUT2D eigenvalue weighted by atomic mass is 35.5. The first-order valence-corrected chi connectivity index (χ1v) is 16.3. The van der Waals surface area contributed by atoms with Gasteiger partial charge in [-0.1, -0.05) is 18.5 Å². The van der Waals surface area contributed by atoms with Crippen molar-refractivity contribution in [3.8, 4) is 5.75 Å². The molecular weight excluding hydrogens is 609 g/mol. The second kappa shape index (κ2) is 12.6. The van der Waals surface area contributed by atoms with Gasteiger partial charge < -0.3 is 14.7 Å². The van der Waals surface area contributed by atoms with Gasteiger partial charge in [0.05, 0.1) is 34.5 Å². The number of hydrogen-bond donors (Lipinski definition) is 2. The molecule has 1 aliphatic heterocycles. The van der Waals surface area contributed by atoms with Crippen LogP contribution in [0.4, 0.5) is 10.1 Å². The summed E-state index contributed by atoms with van der Waals surface area (Å²) in [5, 5.41) is 10.3. The third-order valence-corrected chi connectivity index (χ3v) is 10.5. The molecule has 1 amide bonds. The molecule has 0 saturated heterocycles. The Labute approximate surface area is 249 Å². The molecule has 2 N–H and O–H groups in total. The number of sulfonamides is 2. The lowest BCUT2D eigenvalue weighted by Gasteiger charge is -2.38. The SMILES string of the molecule is C[C@@H]1CN([C@H](C)CO)C(=O)c2cc(NS(=O)(=O)c3ccc(F)cc3)ccc2O[C@@H]1CN(C)S(=O)(=O)c1ccc(Cl)cc1. The Morgan fingerprint density at radius 3 is 2.31 bits per heavy atom. The zero-order chi connectivity index (χ0) is 30.8. The predicted octanol–water partition coefficient (Wildman–Crippen LogP) is 3.82. The van der Waals surface area contributed by atoms with E-state index in [9.17, 15) is 31.1 Å². The summed E-state index contributed by atoms with van der Waals surface area (Å²) < 4.78 is 75.4. The van der Waals surface area contributed by atoms with Crippen molar-refractivity contribution in [2.45, 2.75) is 35.8 Å². The summed E-state index contributed by atoms with van der Waals surface area (Å²) >= 11 is 5.91. The molecule has 42 heavy (non-hydrogen) atoms. The van der Waals surface area contributed by atoms with E-state index in [-0.39, 0.29) is 52.4 Å². The largest absolute Gasteiger partial charge is 0.488 e. The van der Waals surface area contributed by atoms with Gasteiger partial charge in [-0.25, -0.2) is 21.2 Å². The number of aliphatic hydroxyl groups excluding tert-OH is 1. The molecule has 14 heteroatoms. The molecule has 0 bridgehead atoms. The minimum atomic E-state index is -4.11. The van der Waals surface area contributed by atoms with Gasteiger partial charge in [0, 0.05) is 30.2 Å². The van der Waals surface area contributed by atoms with Crippen molar-refractivity contribution in [3.63, 3.8) is 0 Å². The average Bonchev–Trinajstić information content (AvgIpc) is 2.95. The van der Waals surface area contributed by atoms with Crippen LogP contribution in [0.1, 0.15) is 24.2 Å². The molecule has 0 aliphatic carbocycles. The van der Waals surface area contributed by atoms with E-state index in [4.69, 9.17) is 16.3 Å². The zero-order valence-corrected chi connectivity index (χ0v) is 25.5. The lowest BCUT2D eigenvalue weighted by Crippen LogP contribution is -2.50. The smallest absolute Gasteiger partial charge is 0.261 e. The van der Waals surface area contributed by atoms with Crippen LogP contribution >= 0.6 is 11.6 Å². The van der Waals surface area contributed by atoms with Gasteiger partial charge in [0.1, 0.15) is 17.7 Å². The Balaban J connectivity index is 1.68. The third kappa shape index (κ3) is 6.87. The number of carbonyl (C=O) groups is 1. The maximum absolute atomic E-state index is 13.7. The quantitative estimate of drug-likeness (QED) is 0.364. The minimum absolute atomic E-state index is 0.0229. The number of anilines is 1. The fourth-order valence-electron chi connectivity index (χ4n) is 4.47. The number of nitrogens with one attached hydrogen (secondary N) is 1. The van der Waals surface area contributed by atoms with Crippen LogP contribution in [0.2, 0.25) is 5.02 Å². The van der Waals surface area contributed by atoms with E-state index < -0.39 is 43.9 Å². The molecule has 10 nitrogen and oxygen atoms in total. The molecule has 3 aromatic carbocycles. The average molecular weight is 640 g/mol. The van der Waals surface area contributed by atoms with E-state index in [1.54, 1.807) is 6.92 Å². The summed E-state index contributed by atoms with van der Waals surface area (Å²) in [4.78, 5) is 15.0. The summed E-state index contributed by atoms with van der Waals surface area (Å²) in [6.07, 6.45) is -0.723. The van der Waals surface area contributed by atoms with Crippen molar-refractivity contribution < 1.29 is 35.9 Å². The number of benzene rings is 3. The lowest BCUT2D eigenvalue weighted by molar-refractivity contribution is 0.0387. The van der Waals surface area contributed by atoms with Gasteiger partial charge in [-0.2, -0.15) is 4.31 Å². The summed E-state index contributed by atoms with van der Waals surface area (Å²) in [5.41, 5.74) is 0.0777. The molecule has 3 atom stereocenters. The van der Waals surface area contributed by atoms with Gasteiger partial charge in [-0.3, -0.25) is 9.52 Å². The molecule has 226 valence electrons. The van der Waals surface area contributed by atoms with Gasteiger partial charge in [-0.15, -0.1) is 0 Å². The molecule has 0 unspecified atom stereocenters. The monoisotopic (exact) mass is 639 g/mol. The van der Waals surface area contributed by atoms with Crippen LogP contribution in [-0.4, -0.2) is 75.9 Å². The zero-order valence-electron chi connectivity index (χ0n) is 23.1. The Hall–Kier alpha value is -3.23. The molecule has 3 aromatic rings. The van der Waals surface area contributed by atoms with Gasteiger partial charge in [0.15, 0.2) is 0 Å². The van der Waals surface area contributed by atoms with Crippen LogP contribution in [0.15, 0.2) is 76.5 Å². The van der Waals surface area contributed by atoms with E-state index in [0.717, 1.165) is 28.6 Å². The topological polar surface area (TPSA) is 133 Å². The maximum atomic E-state index is 13.7. The fraction of sp³-hybridized carbons (Fsp3) is 0.321. The first-order valence-electron chi connectivity index (χ1n) is 13.0. The standard InChI is InChI=1S/C28H31ClFN3O7S2/c1-18-15-33(19(2)17-34)28(35)25-14-22(31-41(36,37)23-11-6-21(30)7-12-23)8-13-26(25)40-27(18)16-32(3)42(38,39)24-9-4-20(29)5-10-24/h4-14,18-19,27,31,34H,15-17H2,1-3H3/t18-,19-,27-/m1/s1. The number of ether oxygens (including phenoxy) is 1. The lowest BCUT2D eigenvalue weighted by atomic mass is 9.99. The molecule has 1 heterocycles. The summed E-state index contributed by atoms with van der Waals surface area (Å²) in [5.74, 6) is -1.34. The van der Waals surface area contributed by atoms with Crippen molar-refractivity contribution in [3.05, 3.63) is 83.1 Å². The van der Waals surface area contributed by atoms with E-state index in [0.29, 0.717) is 5.02 Å². The second-order valence-corrected chi connectivity index (χ2v) is 14.3. The Kier molecular flexibility index (Phi) is 9.48. The van der Waals surface area contributed by atoms with Crippen LogP contribution in [0, 0.1) is 11.7 Å². The van der Waals surface area contributed by atoms with Crippen LogP contribution in [0.3, 0.4) is 0 Å². The number of halogens is 2. The summed E-state index contributed by atoms with van der Waals surface area (Å²) in [6, 6.07) is 13.6. The molecular formula is C28H31ClFN3O7S2. The van der Waals surface area contributed by atoms with Gasteiger partial charge >= 0.3 is 0 Å². The normalized spacial score (nSPS) is 18.5. The van der Waals surface area contributed by atoms with E-state index in [1.165, 1.54) is 54.4 Å². The number of aliphatic hydroxyl groups is 1. The van der Waals surface area contributed by atoms with Crippen molar-refractivity contribution >= 4 is 43.2 Å². The molecule has 0 fully saturated rings. The summed E-state index contributed by atoms with van der Waals surface area (Å²) in [6.45, 7) is 3.21. The van der Waals surface area contributed by atoms with Gasteiger partial charge in [-0.05, 0) is 73.7 Å². The predicted molar refractivity (Wildman–Crippen MR) is 156 cm³/mol. The summed E-state index contributed by atoms with van der Waals surface area (Å²) in [7, 11) is -6.59. The fourth-order valence-corrected chi connectivity index (χ4v) is 6.83. The molecule has 0 saturated carbocycles. The molecule has 4 rings (SSSR count). The van der Waals surface area contributed by atoms with Crippen molar-refractivity contribution in [2.75, 3.05) is 31.5 Å². The highest BCUT2D eigenvalue weighted by Gasteiger charge is 2.35. The van der Waals surface area contributed by atoms with Crippen LogP contribution in [0.25, 0.3) is 0 Å². The molecule has 0 spiro atoms. The Morgan fingerprint density at radius 1 is 1.07 bits per heavy atom. The Morgan fingerprint density at radius 2 is 1.69 bits per heavy atom. The first kappa shape index (κ1) is 31.7. The first-order chi connectivity index (χ1) is 19.7. The number of rotatable bonds is 9. The molecule has 1 aliphatic rings. The van der Waals surface area contributed by atoms with E-state index >= 15 is 0 Å². The number of hydrogen-bond acceptors (Lipinski definition) is 7. The number of fused-ring (bicyclic) bond motifs is 1. The highest BCUT2D eigenvalue weighted by molar-refractivity contribution is 7.92. The third-order valence-electron chi connectivity index (χ3n) is 7.00. The Bertz CT molecular complexity index is 1650. The highest BCUT2D eigenvalue weighted by Crippen LogP contribution is 2.32. The van der Waals surface area contributed by atoms with Crippen molar-refractivity contribution in [2.24, 2.45) is 5.92 Å². The van der Waals surface area contributed by atoms with Crippen LogP contribution < -0.4 is 9.46 Å². The van der Waals surface area contributed by atoms with Gasteiger partial charge in [0.25, 0.3) is 15.9 Å². The molecule has 0 radical (unpaired) electrons. The maximum Gasteiger partial charge on any atom is 0.261 e. The van der Waals surface area contributed by atoms with E-state index in [2.05, 4.69) is 4.72 Å². The second-order valence-electron chi connectivity index (χ2n) is 10.1. The van der Waals surface area contributed by atoms with E-state index in [1.807, 2.05) is 6.92 Å². The number of amides is 1. The van der Waals surface area contributed by atoms with Crippen molar-refractivity contribution in [1.82, 2.24) is 9.21 Å². The van der Waals surface area contributed by atoms with Gasteiger partial charge in [0.2, 0.25) is 10.0 Å². The number of nitrogens with zero attached hydrogens (tertiary/aromatic N) is 2. The molecule has 0 aromatic heterocycles. The van der Waals surface area contributed by atoms with Crippen LogP contribution in [-0.2, 0) is 20.0 Å². The van der Waals surface area contributed by atoms with Crippen molar-refractivity contribution in [1.29, 1.82) is 0 Å². The number of carbonyl (C=O) groups excluding carboxylic acids is 1.